The summed E-state index contributed by atoms with van der Waals surface area (Å²) in [7, 11) is -3.93. The van der Waals surface area contributed by atoms with Crippen LogP contribution in [0.15, 0.2) is 83.3 Å². The second-order valence-corrected chi connectivity index (χ2v) is 16.2. The Morgan fingerprint density at radius 2 is 1.66 bits per heavy atom. The van der Waals surface area contributed by atoms with Gasteiger partial charge in [-0.15, -0.1) is 0 Å². The number of urea groups is 1. The molecule has 0 saturated carbocycles. The number of aryl methyl sites for hydroxylation is 1. The van der Waals surface area contributed by atoms with E-state index in [1.54, 1.807) is 63.2 Å². The number of ketones is 1. The van der Waals surface area contributed by atoms with Gasteiger partial charge in [-0.1, -0.05) is 60.7 Å². The van der Waals surface area contributed by atoms with Gasteiger partial charge >= 0.3 is 12.1 Å². The Morgan fingerprint density at radius 3 is 2.34 bits per heavy atom. The number of oxazole rings is 1. The van der Waals surface area contributed by atoms with E-state index in [2.05, 4.69) is 10.3 Å². The standard InChI is InChI=1S/C39H43N5O8S/c1-39(2,3)52-38(48)43-21-19-28(20-22-43)36(46)44(23-24-53(49,50)26-30-14-8-7-13-29(30)25-40)37(47)42-32(18-17-27-11-5-4-6-12-27)34(45)35-41-31-15-9-10-16-33(31)51-35/h4-16,28,32H,17-24,26H2,1-3H3,(H,42,47)/t32-/m1/s1. The maximum Gasteiger partial charge on any atom is 0.410 e. The summed E-state index contributed by atoms with van der Waals surface area (Å²) < 4.78 is 38.0. The summed E-state index contributed by atoms with van der Waals surface area (Å²) in [4.78, 5) is 61.5. The number of nitrogens with one attached hydrogen (secondary N) is 1. The van der Waals surface area contributed by atoms with Crippen molar-refractivity contribution in [1.82, 2.24) is 20.1 Å². The fourth-order valence-corrected chi connectivity index (χ4v) is 7.37. The lowest BCUT2D eigenvalue weighted by Crippen LogP contribution is -2.54. The molecule has 5 rings (SSSR count). The predicted octanol–water partition coefficient (Wildman–Crippen LogP) is 5.68. The SMILES string of the molecule is CC(C)(C)OC(=O)N1CCC(C(=O)N(CCS(=O)(=O)Cc2ccccc2C#N)C(=O)N[C@H](CCc2ccccc2)C(=O)c2nc3ccccc3o2)CC1. The number of likely N-dealkylation sites (tertiary alicyclic amines) is 1. The number of amides is 4. The number of benzene rings is 3. The van der Waals surface area contributed by atoms with E-state index in [1.165, 1.54) is 11.0 Å². The van der Waals surface area contributed by atoms with Crippen LogP contribution in [0.2, 0.25) is 0 Å². The number of nitrogens with zero attached hydrogens (tertiary/aromatic N) is 4. The lowest BCUT2D eigenvalue weighted by Gasteiger charge is -2.34. The largest absolute Gasteiger partial charge is 0.444 e. The Morgan fingerprint density at radius 1 is 1.00 bits per heavy atom. The van der Waals surface area contributed by atoms with E-state index in [0.29, 0.717) is 23.1 Å². The number of aromatic nitrogens is 1. The molecule has 4 aromatic rings. The van der Waals surface area contributed by atoms with Crippen molar-refractivity contribution in [2.45, 2.75) is 63.9 Å². The topological polar surface area (TPSA) is 180 Å². The number of piperidine rings is 1. The second-order valence-electron chi connectivity index (χ2n) is 14.0. The zero-order valence-electron chi connectivity index (χ0n) is 30.0. The lowest BCUT2D eigenvalue weighted by molar-refractivity contribution is -0.133. The van der Waals surface area contributed by atoms with Crippen LogP contribution in [-0.4, -0.2) is 84.0 Å². The summed E-state index contributed by atoms with van der Waals surface area (Å²) >= 11 is 0. The molecular weight excluding hydrogens is 699 g/mol. The van der Waals surface area contributed by atoms with Gasteiger partial charge in [-0.2, -0.15) is 5.26 Å². The molecule has 1 aliphatic rings. The monoisotopic (exact) mass is 741 g/mol. The number of ether oxygens (including phenoxy) is 1. The van der Waals surface area contributed by atoms with Gasteiger partial charge in [0.25, 0.3) is 5.89 Å². The van der Waals surface area contributed by atoms with Crippen molar-refractivity contribution >= 4 is 44.8 Å². The molecule has 14 heteroatoms. The van der Waals surface area contributed by atoms with E-state index in [1.807, 2.05) is 36.4 Å². The van der Waals surface area contributed by atoms with Crippen LogP contribution in [0.1, 0.15) is 67.4 Å². The van der Waals surface area contributed by atoms with Crippen molar-refractivity contribution in [2.75, 3.05) is 25.4 Å². The first-order valence-electron chi connectivity index (χ1n) is 17.4. The van der Waals surface area contributed by atoms with Crippen LogP contribution in [0.5, 0.6) is 0 Å². The normalized spacial score (nSPS) is 14.3. The van der Waals surface area contributed by atoms with Crippen molar-refractivity contribution < 1.29 is 36.7 Å². The Hall–Kier alpha value is -5.55. The number of para-hydroxylation sites is 2. The zero-order valence-corrected chi connectivity index (χ0v) is 30.8. The molecule has 3 aromatic carbocycles. The molecule has 0 bridgehead atoms. The van der Waals surface area contributed by atoms with Crippen LogP contribution < -0.4 is 5.32 Å². The third-order valence-electron chi connectivity index (χ3n) is 8.83. The molecule has 0 unspecified atom stereocenters. The first kappa shape index (κ1) is 38.7. The lowest BCUT2D eigenvalue weighted by atomic mass is 9.95. The number of fused-ring (bicyclic) bond motifs is 1. The minimum absolute atomic E-state index is 0.132. The Labute approximate surface area is 308 Å². The molecule has 53 heavy (non-hydrogen) atoms. The molecule has 0 radical (unpaired) electrons. The predicted molar refractivity (Wildman–Crippen MR) is 196 cm³/mol. The molecule has 1 N–H and O–H groups in total. The molecule has 0 spiro atoms. The van der Waals surface area contributed by atoms with E-state index in [4.69, 9.17) is 9.15 Å². The average molecular weight is 742 g/mol. The Balaban J connectivity index is 1.38. The van der Waals surface area contributed by atoms with Gasteiger partial charge in [0.05, 0.1) is 29.2 Å². The summed E-state index contributed by atoms with van der Waals surface area (Å²) in [5.74, 6) is -3.21. The van der Waals surface area contributed by atoms with E-state index < -0.39 is 69.3 Å². The quantitative estimate of drug-likeness (QED) is 0.178. The number of Topliss-reactive ketones (excluding diaryl/α,β-unsaturated/α-hetero) is 1. The number of hydrogen-bond acceptors (Lipinski definition) is 10. The molecule has 1 aromatic heterocycles. The van der Waals surface area contributed by atoms with Gasteiger partial charge in [-0.05, 0) is 75.8 Å². The third kappa shape index (κ3) is 10.5. The summed E-state index contributed by atoms with van der Waals surface area (Å²) in [5.41, 5.74) is 1.56. The van der Waals surface area contributed by atoms with Crippen LogP contribution in [-0.2, 0) is 31.5 Å². The molecule has 13 nitrogen and oxygen atoms in total. The molecule has 1 aliphatic heterocycles. The Kier molecular flexibility index (Phi) is 12.3. The highest BCUT2D eigenvalue weighted by Crippen LogP contribution is 2.23. The van der Waals surface area contributed by atoms with E-state index in [-0.39, 0.29) is 43.8 Å². The van der Waals surface area contributed by atoms with Gasteiger partial charge in [0.1, 0.15) is 11.1 Å². The van der Waals surface area contributed by atoms with Crippen molar-refractivity contribution in [3.63, 3.8) is 0 Å². The maximum absolute atomic E-state index is 14.1. The molecule has 1 saturated heterocycles. The fraction of sp³-hybridized carbons (Fsp3) is 0.385. The minimum atomic E-state index is -3.93. The first-order chi connectivity index (χ1) is 25.2. The van der Waals surface area contributed by atoms with Gasteiger partial charge in [0, 0.05) is 25.6 Å². The highest BCUT2D eigenvalue weighted by Gasteiger charge is 2.36. The fourth-order valence-electron chi connectivity index (χ4n) is 6.04. The van der Waals surface area contributed by atoms with E-state index >= 15 is 0 Å². The molecule has 278 valence electrons. The van der Waals surface area contributed by atoms with Gasteiger partial charge in [0.15, 0.2) is 15.4 Å². The summed E-state index contributed by atoms with van der Waals surface area (Å²) in [6.07, 6.45) is 0.432. The van der Waals surface area contributed by atoms with Crippen molar-refractivity contribution in [2.24, 2.45) is 5.92 Å². The smallest absolute Gasteiger partial charge is 0.410 e. The van der Waals surface area contributed by atoms with Crippen LogP contribution in [0.25, 0.3) is 11.1 Å². The molecule has 1 atom stereocenters. The summed E-state index contributed by atoms with van der Waals surface area (Å²) in [5, 5.41) is 12.2. The zero-order chi connectivity index (χ0) is 38.2. The first-order valence-corrected chi connectivity index (χ1v) is 19.3. The van der Waals surface area contributed by atoms with Crippen molar-refractivity contribution in [3.8, 4) is 6.07 Å². The van der Waals surface area contributed by atoms with Crippen LogP contribution in [0.4, 0.5) is 9.59 Å². The molecule has 0 aliphatic carbocycles. The van der Waals surface area contributed by atoms with Gasteiger partial charge in [0.2, 0.25) is 11.7 Å². The number of carbonyl (C=O) groups excluding carboxylic acids is 4. The maximum atomic E-state index is 14.1. The highest BCUT2D eigenvalue weighted by atomic mass is 32.2. The summed E-state index contributed by atoms with van der Waals surface area (Å²) in [6.45, 7) is 5.16. The van der Waals surface area contributed by atoms with Crippen LogP contribution in [0.3, 0.4) is 0 Å². The number of imide groups is 1. The summed E-state index contributed by atoms with van der Waals surface area (Å²) in [6, 6.07) is 22.4. The third-order valence-corrected chi connectivity index (χ3v) is 10.4. The number of sulfone groups is 1. The molecular formula is C39H43N5O8S. The van der Waals surface area contributed by atoms with Gasteiger partial charge in [-0.3, -0.25) is 14.5 Å². The van der Waals surface area contributed by atoms with Gasteiger partial charge in [-0.25, -0.2) is 23.0 Å². The second kappa shape index (κ2) is 16.9. The number of nitriles is 1. The van der Waals surface area contributed by atoms with E-state index in [9.17, 15) is 32.9 Å². The molecule has 2 heterocycles. The number of carbonyl (C=O) groups is 4. The minimum Gasteiger partial charge on any atom is -0.444 e. The molecule has 4 amide bonds. The highest BCUT2D eigenvalue weighted by molar-refractivity contribution is 7.90. The van der Waals surface area contributed by atoms with Gasteiger partial charge < -0.3 is 19.4 Å². The average Bonchev–Trinajstić information content (AvgIpc) is 3.57. The Bertz CT molecular complexity index is 2060. The number of hydrogen-bond donors (Lipinski definition) is 1. The van der Waals surface area contributed by atoms with E-state index in [0.717, 1.165) is 10.5 Å². The van der Waals surface area contributed by atoms with Crippen molar-refractivity contribution in [3.05, 3.63) is 101 Å². The van der Waals surface area contributed by atoms with Crippen LogP contribution >= 0.6 is 0 Å². The molecule has 1 fully saturated rings. The van der Waals surface area contributed by atoms with Crippen molar-refractivity contribution in [1.29, 1.82) is 5.26 Å². The number of rotatable bonds is 12. The van der Waals surface area contributed by atoms with Crippen LogP contribution in [0, 0.1) is 17.2 Å².